The Bertz CT molecular complexity index is 612. The lowest BCUT2D eigenvalue weighted by Gasteiger charge is -2.16. The van der Waals surface area contributed by atoms with E-state index in [2.05, 4.69) is 20.7 Å². The highest BCUT2D eigenvalue weighted by molar-refractivity contribution is 9.10. The molecule has 0 radical (unpaired) electrons. The maximum absolute atomic E-state index is 12.2. The first-order valence-corrected chi connectivity index (χ1v) is 8.75. The fraction of sp³-hybridized carbons (Fsp3) is 0.500. The number of nitrogens with two attached hydrogens (primary N) is 1. The van der Waals surface area contributed by atoms with E-state index in [4.69, 9.17) is 5.73 Å². The van der Waals surface area contributed by atoms with Crippen molar-refractivity contribution >= 4 is 44.0 Å². The molecule has 0 fully saturated rings. The van der Waals surface area contributed by atoms with Crippen molar-refractivity contribution < 1.29 is 13.3 Å². The molecule has 1 rings (SSSR count). The van der Waals surface area contributed by atoms with Gasteiger partial charge in [-0.2, -0.15) is 0 Å². The maximum Gasteiger partial charge on any atom is 0.283 e. The van der Waals surface area contributed by atoms with Crippen LogP contribution in [0.4, 0.5) is 5.69 Å². The van der Waals surface area contributed by atoms with Crippen LogP contribution in [0.15, 0.2) is 27.6 Å². The highest BCUT2D eigenvalue weighted by Crippen LogP contribution is 2.27. The molecule has 22 heavy (non-hydrogen) atoms. The van der Waals surface area contributed by atoms with Crippen LogP contribution in [0.3, 0.4) is 0 Å². The van der Waals surface area contributed by atoms with Crippen molar-refractivity contribution in [1.29, 1.82) is 0 Å². The Labute approximate surface area is 144 Å². The Balaban J connectivity index is 0.00000441. The van der Waals surface area contributed by atoms with Crippen molar-refractivity contribution in [3.8, 4) is 0 Å². The molecule has 0 aromatic heterocycles. The molecule has 1 aromatic rings. The summed E-state index contributed by atoms with van der Waals surface area (Å²) in [5.74, 6) is 0. The maximum atomic E-state index is 12.2. The molecule has 1 aromatic carbocycles. The molecule has 0 aliphatic heterocycles. The summed E-state index contributed by atoms with van der Waals surface area (Å²) < 4.78 is 27.1. The summed E-state index contributed by atoms with van der Waals surface area (Å²) >= 11 is 3.01. The molecule has 0 spiro atoms. The third-order valence-corrected chi connectivity index (χ3v) is 5.09. The highest BCUT2D eigenvalue weighted by atomic mass is 79.9. The average molecular weight is 417 g/mol. The minimum Gasteiger partial charge on any atom is -0.329 e. The SMILES string of the molecule is CCCCC(CN)NS(=O)(=O)c1ccc([N+](=O)[O-])c(Br)c1.Cl. The lowest BCUT2D eigenvalue weighted by Crippen LogP contribution is -2.40. The van der Waals surface area contributed by atoms with E-state index in [-0.39, 0.29) is 40.0 Å². The van der Waals surface area contributed by atoms with Gasteiger partial charge in [0.05, 0.1) is 14.3 Å². The first-order chi connectivity index (χ1) is 9.81. The van der Waals surface area contributed by atoms with Crippen molar-refractivity contribution in [2.45, 2.75) is 37.1 Å². The number of nitrogens with one attached hydrogen (secondary N) is 1. The highest BCUT2D eigenvalue weighted by Gasteiger charge is 2.22. The van der Waals surface area contributed by atoms with Gasteiger partial charge in [-0.15, -0.1) is 12.4 Å². The van der Waals surface area contributed by atoms with E-state index < -0.39 is 14.9 Å². The molecule has 7 nitrogen and oxygen atoms in total. The molecular formula is C12H19BrClN3O4S. The fourth-order valence-corrected chi connectivity index (χ4v) is 3.75. The van der Waals surface area contributed by atoms with Crippen LogP contribution in [0.2, 0.25) is 0 Å². The number of nitro groups is 1. The predicted molar refractivity (Wildman–Crippen MR) is 90.7 cm³/mol. The van der Waals surface area contributed by atoms with Gasteiger partial charge in [-0.25, -0.2) is 13.1 Å². The van der Waals surface area contributed by atoms with Gasteiger partial charge >= 0.3 is 0 Å². The standard InChI is InChI=1S/C12H18BrN3O4S.ClH/c1-2-3-4-9(8-14)15-21(19,20)10-5-6-12(16(17)18)11(13)7-10;/h5-7,9,15H,2-4,8,14H2,1H3;1H. The van der Waals surface area contributed by atoms with Gasteiger partial charge in [0.2, 0.25) is 10.0 Å². The lowest BCUT2D eigenvalue weighted by molar-refractivity contribution is -0.385. The molecule has 0 saturated heterocycles. The van der Waals surface area contributed by atoms with E-state index in [1.54, 1.807) is 0 Å². The quantitative estimate of drug-likeness (QED) is 0.499. The monoisotopic (exact) mass is 415 g/mol. The zero-order chi connectivity index (χ0) is 16.0. The fourth-order valence-electron chi connectivity index (χ4n) is 1.77. The van der Waals surface area contributed by atoms with E-state index in [1.807, 2.05) is 6.92 Å². The number of sulfonamides is 1. The second-order valence-electron chi connectivity index (χ2n) is 4.57. The topological polar surface area (TPSA) is 115 Å². The van der Waals surface area contributed by atoms with Crippen LogP contribution < -0.4 is 10.5 Å². The molecular weight excluding hydrogens is 398 g/mol. The van der Waals surface area contributed by atoms with Crippen molar-refractivity contribution in [3.05, 3.63) is 32.8 Å². The van der Waals surface area contributed by atoms with E-state index in [0.29, 0.717) is 6.42 Å². The summed E-state index contributed by atoms with van der Waals surface area (Å²) in [4.78, 5) is 10.1. The minimum atomic E-state index is -3.75. The van der Waals surface area contributed by atoms with Gasteiger partial charge in [0.25, 0.3) is 5.69 Å². The van der Waals surface area contributed by atoms with E-state index in [0.717, 1.165) is 18.9 Å². The smallest absolute Gasteiger partial charge is 0.283 e. The molecule has 0 saturated carbocycles. The predicted octanol–water partition coefficient (Wildman–Crippen LogP) is 2.57. The molecule has 0 heterocycles. The van der Waals surface area contributed by atoms with Crippen LogP contribution in [-0.4, -0.2) is 25.9 Å². The third-order valence-electron chi connectivity index (χ3n) is 2.94. The number of nitrogens with zero attached hydrogens (tertiary/aromatic N) is 1. The Kier molecular flexibility index (Phi) is 9.09. The lowest BCUT2D eigenvalue weighted by atomic mass is 10.1. The summed E-state index contributed by atoms with van der Waals surface area (Å²) in [5.41, 5.74) is 5.38. The summed E-state index contributed by atoms with van der Waals surface area (Å²) in [6.07, 6.45) is 2.47. The largest absolute Gasteiger partial charge is 0.329 e. The molecule has 0 aliphatic rings. The summed E-state index contributed by atoms with van der Waals surface area (Å²) in [5, 5.41) is 10.7. The summed E-state index contributed by atoms with van der Waals surface area (Å²) in [6, 6.07) is 3.23. The van der Waals surface area contributed by atoms with Crippen LogP contribution in [0.5, 0.6) is 0 Å². The zero-order valence-electron chi connectivity index (χ0n) is 12.0. The minimum absolute atomic E-state index is 0. The molecule has 1 unspecified atom stereocenters. The normalized spacial score (nSPS) is 12.5. The molecule has 126 valence electrons. The van der Waals surface area contributed by atoms with Gasteiger partial charge in [0.15, 0.2) is 0 Å². The number of unbranched alkanes of at least 4 members (excludes halogenated alkanes) is 1. The van der Waals surface area contributed by atoms with E-state index in [9.17, 15) is 18.5 Å². The second-order valence-corrected chi connectivity index (χ2v) is 7.13. The number of benzene rings is 1. The van der Waals surface area contributed by atoms with Crippen LogP contribution in [0.25, 0.3) is 0 Å². The van der Waals surface area contributed by atoms with E-state index in [1.165, 1.54) is 12.1 Å². The van der Waals surface area contributed by atoms with Crippen LogP contribution in [0, 0.1) is 10.1 Å². The Hall–Kier alpha value is -0.740. The van der Waals surface area contributed by atoms with Gasteiger partial charge < -0.3 is 5.73 Å². The van der Waals surface area contributed by atoms with Crippen molar-refractivity contribution in [3.63, 3.8) is 0 Å². The number of rotatable bonds is 8. The van der Waals surface area contributed by atoms with Gasteiger partial charge in [0.1, 0.15) is 0 Å². The molecule has 0 bridgehead atoms. The second kappa shape index (κ2) is 9.41. The first-order valence-electron chi connectivity index (χ1n) is 6.48. The number of halogens is 2. The Morgan fingerprint density at radius 3 is 2.55 bits per heavy atom. The number of hydrogen-bond donors (Lipinski definition) is 2. The van der Waals surface area contributed by atoms with Crippen molar-refractivity contribution in [2.75, 3.05) is 6.54 Å². The Morgan fingerprint density at radius 2 is 2.09 bits per heavy atom. The molecule has 1 atom stereocenters. The van der Waals surface area contributed by atoms with E-state index >= 15 is 0 Å². The first kappa shape index (κ1) is 21.3. The van der Waals surface area contributed by atoms with Crippen LogP contribution >= 0.6 is 28.3 Å². The third kappa shape index (κ3) is 5.81. The molecule has 3 N–H and O–H groups in total. The number of nitro benzene ring substituents is 1. The Morgan fingerprint density at radius 1 is 1.45 bits per heavy atom. The van der Waals surface area contributed by atoms with Gasteiger partial charge in [-0.3, -0.25) is 10.1 Å². The van der Waals surface area contributed by atoms with Gasteiger partial charge in [0, 0.05) is 18.7 Å². The van der Waals surface area contributed by atoms with Crippen molar-refractivity contribution in [1.82, 2.24) is 4.72 Å². The molecule has 0 amide bonds. The van der Waals surface area contributed by atoms with Crippen LogP contribution in [0.1, 0.15) is 26.2 Å². The summed E-state index contributed by atoms with van der Waals surface area (Å²) in [7, 11) is -3.75. The van der Waals surface area contributed by atoms with Gasteiger partial charge in [-0.1, -0.05) is 19.8 Å². The van der Waals surface area contributed by atoms with Gasteiger partial charge in [-0.05, 0) is 34.5 Å². The molecule has 0 aliphatic carbocycles. The van der Waals surface area contributed by atoms with Crippen molar-refractivity contribution in [2.24, 2.45) is 5.73 Å². The zero-order valence-corrected chi connectivity index (χ0v) is 15.2. The summed E-state index contributed by atoms with van der Waals surface area (Å²) in [6.45, 7) is 2.21. The molecule has 10 heteroatoms. The van der Waals surface area contributed by atoms with Crippen LogP contribution in [-0.2, 0) is 10.0 Å². The average Bonchev–Trinajstić information content (AvgIpc) is 2.42. The number of hydrogen-bond acceptors (Lipinski definition) is 5.